The number of ether oxygens (including phenoxy) is 1. The van der Waals surface area contributed by atoms with Gasteiger partial charge in [-0.25, -0.2) is 14.4 Å². The highest BCUT2D eigenvalue weighted by Crippen LogP contribution is 2.28. The molecule has 2 heterocycles. The first kappa shape index (κ1) is 20.7. The van der Waals surface area contributed by atoms with Crippen LogP contribution in [0.1, 0.15) is 12.1 Å². The van der Waals surface area contributed by atoms with E-state index < -0.39 is 0 Å². The number of halogens is 1. The van der Waals surface area contributed by atoms with Gasteiger partial charge in [0.1, 0.15) is 10.8 Å². The molecule has 2 aromatic carbocycles. The average Bonchev–Trinajstić information content (AvgIpc) is 3.24. The summed E-state index contributed by atoms with van der Waals surface area (Å²) in [6.45, 7) is 1.13. The molecule has 4 aromatic rings. The van der Waals surface area contributed by atoms with Gasteiger partial charge in [-0.15, -0.1) is 11.3 Å². The van der Waals surface area contributed by atoms with Crippen LogP contribution in [0.15, 0.2) is 63.9 Å². The van der Waals surface area contributed by atoms with Crippen molar-refractivity contribution in [3.8, 4) is 10.6 Å². The Labute approximate surface area is 181 Å². The topological polar surface area (TPSA) is 57.0 Å². The molecule has 0 saturated carbocycles. The Morgan fingerprint density at radius 1 is 1.13 bits per heavy atom. The van der Waals surface area contributed by atoms with Crippen molar-refractivity contribution in [1.82, 2.24) is 14.5 Å². The monoisotopic (exact) mass is 441 g/mol. The first-order valence-corrected chi connectivity index (χ1v) is 11.3. The van der Waals surface area contributed by atoms with Crippen molar-refractivity contribution < 1.29 is 9.13 Å². The summed E-state index contributed by atoms with van der Waals surface area (Å²) in [6.07, 6.45) is 0.732. The zero-order chi connectivity index (χ0) is 20.9. The molecule has 0 spiro atoms. The van der Waals surface area contributed by atoms with Gasteiger partial charge in [-0.05, 0) is 42.8 Å². The molecule has 0 N–H and O–H groups in total. The highest BCUT2D eigenvalue weighted by molar-refractivity contribution is 7.98. The van der Waals surface area contributed by atoms with Crippen LogP contribution in [0.5, 0.6) is 0 Å². The highest BCUT2D eigenvalue weighted by atomic mass is 32.2. The van der Waals surface area contributed by atoms with Crippen molar-refractivity contribution in [2.45, 2.75) is 23.9 Å². The fourth-order valence-corrected chi connectivity index (χ4v) is 4.91. The zero-order valence-electron chi connectivity index (χ0n) is 16.4. The molecule has 0 saturated heterocycles. The maximum atomic E-state index is 13.1. The molecule has 0 unspecified atom stereocenters. The average molecular weight is 442 g/mol. The molecule has 0 aliphatic rings. The van der Waals surface area contributed by atoms with E-state index >= 15 is 0 Å². The van der Waals surface area contributed by atoms with Crippen LogP contribution in [0.3, 0.4) is 0 Å². The second-order valence-electron chi connectivity index (χ2n) is 6.65. The smallest absolute Gasteiger partial charge is 0.262 e. The summed E-state index contributed by atoms with van der Waals surface area (Å²) in [4.78, 5) is 22.4. The van der Waals surface area contributed by atoms with E-state index in [0.717, 1.165) is 22.7 Å². The number of fused-ring (bicyclic) bond motifs is 1. The number of aromatic nitrogens is 3. The molecular formula is C22H20FN3O2S2. The third kappa shape index (κ3) is 4.61. The Balaban J connectivity index is 1.58. The minimum atomic E-state index is -0.264. The van der Waals surface area contributed by atoms with E-state index in [1.165, 1.54) is 35.2 Å². The molecule has 0 fully saturated rings. The van der Waals surface area contributed by atoms with Gasteiger partial charge in [-0.3, -0.25) is 9.36 Å². The molecule has 0 aliphatic heterocycles. The molecule has 0 aliphatic carbocycles. The Hall–Kier alpha value is -2.55. The van der Waals surface area contributed by atoms with Crippen LogP contribution >= 0.6 is 23.1 Å². The zero-order valence-corrected chi connectivity index (χ0v) is 18.0. The minimum absolute atomic E-state index is 0.0375. The predicted molar refractivity (Wildman–Crippen MR) is 120 cm³/mol. The van der Waals surface area contributed by atoms with Gasteiger partial charge in [0.15, 0.2) is 5.16 Å². The molecular weight excluding hydrogens is 421 g/mol. The van der Waals surface area contributed by atoms with Gasteiger partial charge in [0.2, 0.25) is 0 Å². The molecule has 154 valence electrons. The summed E-state index contributed by atoms with van der Waals surface area (Å²) in [6, 6.07) is 13.7. The summed E-state index contributed by atoms with van der Waals surface area (Å²) in [7, 11) is 1.65. The second-order valence-corrected chi connectivity index (χ2v) is 8.45. The van der Waals surface area contributed by atoms with Crippen molar-refractivity contribution in [2.24, 2.45) is 0 Å². The quantitative estimate of drug-likeness (QED) is 0.219. The predicted octanol–water partition coefficient (Wildman–Crippen LogP) is 4.99. The third-order valence-corrected chi connectivity index (χ3v) is 6.50. The van der Waals surface area contributed by atoms with Crippen LogP contribution in [-0.4, -0.2) is 28.3 Å². The minimum Gasteiger partial charge on any atom is -0.385 e. The summed E-state index contributed by atoms with van der Waals surface area (Å²) in [5, 5.41) is 4.12. The fraction of sp³-hybridized carbons (Fsp3) is 0.227. The van der Waals surface area contributed by atoms with Gasteiger partial charge in [-0.1, -0.05) is 23.9 Å². The number of hydrogen-bond acceptors (Lipinski definition) is 6. The molecule has 0 amide bonds. The Morgan fingerprint density at radius 2 is 1.93 bits per heavy atom. The molecule has 4 rings (SSSR count). The summed E-state index contributed by atoms with van der Waals surface area (Å²) in [5.41, 5.74) is 2.44. The van der Waals surface area contributed by atoms with Crippen LogP contribution in [0.25, 0.3) is 21.5 Å². The van der Waals surface area contributed by atoms with Gasteiger partial charge in [0.05, 0.1) is 16.6 Å². The summed E-state index contributed by atoms with van der Waals surface area (Å²) < 4.78 is 20.0. The Kier molecular flexibility index (Phi) is 6.56. The number of para-hydroxylation sites is 1. The lowest BCUT2D eigenvalue weighted by Gasteiger charge is -2.12. The molecule has 5 nitrogen and oxygen atoms in total. The number of rotatable bonds is 8. The van der Waals surface area contributed by atoms with E-state index in [4.69, 9.17) is 9.72 Å². The molecule has 30 heavy (non-hydrogen) atoms. The lowest BCUT2D eigenvalue weighted by molar-refractivity contribution is 0.189. The maximum Gasteiger partial charge on any atom is 0.262 e. The fourth-order valence-electron chi connectivity index (χ4n) is 3.06. The number of hydrogen-bond donors (Lipinski definition) is 0. The number of thioether (sulfide) groups is 1. The first-order valence-electron chi connectivity index (χ1n) is 9.47. The number of thiazole rings is 1. The van der Waals surface area contributed by atoms with Crippen molar-refractivity contribution >= 4 is 34.0 Å². The molecule has 0 bridgehead atoms. The van der Waals surface area contributed by atoms with Gasteiger partial charge >= 0.3 is 0 Å². The molecule has 2 aromatic heterocycles. The van der Waals surface area contributed by atoms with Crippen LogP contribution < -0.4 is 5.56 Å². The standard InChI is InChI=1S/C22H20FN3O2S2/c1-28-12-4-11-26-21(27)18-5-2-3-6-19(18)25-22(26)30-14-17-13-29-20(24-17)15-7-9-16(23)10-8-15/h2-3,5-10,13H,4,11-12,14H2,1H3. The Bertz CT molecular complexity index is 1210. The van der Waals surface area contributed by atoms with Crippen LogP contribution in [0.2, 0.25) is 0 Å². The third-order valence-electron chi connectivity index (χ3n) is 4.55. The lowest BCUT2D eigenvalue weighted by Crippen LogP contribution is -2.24. The van der Waals surface area contributed by atoms with E-state index in [1.54, 1.807) is 29.9 Å². The van der Waals surface area contributed by atoms with Crippen molar-refractivity contribution in [1.29, 1.82) is 0 Å². The largest absolute Gasteiger partial charge is 0.385 e. The summed E-state index contributed by atoms with van der Waals surface area (Å²) >= 11 is 3.01. The SMILES string of the molecule is COCCCn1c(SCc2csc(-c3ccc(F)cc3)n2)nc2ccccc2c1=O. The molecule has 0 radical (unpaired) electrons. The van der Waals surface area contributed by atoms with E-state index in [0.29, 0.717) is 35.0 Å². The normalized spacial score (nSPS) is 11.3. The van der Waals surface area contributed by atoms with E-state index in [-0.39, 0.29) is 11.4 Å². The molecule has 0 atom stereocenters. The van der Waals surface area contributed by atoms with Gasteiger partial charge in [0.25, 0.3) is 5.56 Å². The number of methoxy groups -OCH3 is 1. The van der Waals surface area contributed by atoms with E-state index in [9.17, 15) is 9.18 Å². The Morgan fingerprint density at radius 3 is 2.73 bits per heavy atom. The number of benzene rings is 2. The molecule has 8 heteroatoms. The van der Waals surface area contributed by atoms with Crippen molar-refractivity contribution in [2.75, 3.05) is 13.7 Å². The maximum absolute atomic E-state index is 13.1. The van der Waals surface area contributed by atoms with E-state index in [1.807, 2.05) is 23.6 Å². The lowest BCUT2D eigenvalue weighted by atomic mass is 10.2. The summed E-state index contributed by atoms with van der Waals surface area (Å²) in [5.74, 6) is 0.326. The van der Waals surface area contributed by atoms with Crippen molar-refractivity contribution in [3.63, 3.8) is 0 Å². The van der Waals surface area contributed by atoms with Gasteiger partial charge in [0, 0.05) is 37.0 Å². The van der Waals surface area contributed by atoms with Gasteiger partial charge < -0.3 is 4.74 Å². The number of nitrogens with zero attached hydrogens (tertiary/aromatic N) is 3. The van der Waals surface area contributed by atoms with Crippen LogP contribution in [0.4, 0.5) is 4.39 Å². The van der Waals surface area contributed by atoms with Gasteiger partial charge in [-0.2, -0.15) is 0 Å². The van der Waals surface area contributed by atoms with E-state index in [2.05, 4.69) is 4.98 Å². The highest BCUT2D eigenvalue weighted by Gasteiger charge is 2.13. The van der Waals surface area contributed by atoms with Crippen molar-refractivity contribution in [3.05, 3.63) is 75.8 Å². The van der Waals surface area contributed by atoms with Crippen LogP contribution in [0, 0.1) is 5.82 Å². The second kappa shape index (κ2) is 9.51. The van der Waals surface area contributed by atoms with Crippen LogP contribution in [-0.2, 0) is 17.0 Å². The first-order chi connectivity index (χ1) is 14.7.